The lowest BCUT2D eigenvalue weighted by molar-refractivity contribution is -0.192. The Labute approximate surface area is 237 Å². The maximum Gasteiger partial charge on any atom is 0.490 e. The molecular weight excluding hydrogens is 555 g/mol. The monoisotopic (exact) mass is 579 g/mol. The number of carbonyl (C=O) groups excluding carboxylic acids is 1. The third-order valence-electron chi connectivity index (χ3n) is 5.71. The molecule has 0 bridgehead atoms. The molecule has 0 fully saturated rings. The van der Waals surface area contributed by atoms with E-state index in [4.69, 9.17) is 9.90 Å². The fourth-order valence-electron chi connectivity index (χ4n) is 3.78. The lowest BCUT2D eigenvalue weighted by atomic mass is 10.0. The molecule has 41 heavy (non-hydrogen) atoms. The molecule has 0 saturated carbocycles. The molecule has 3 heterocycles. The molecule has 0 saturated heterocycles. The molecule has 0 aliphatic rings. The highest BCUT2D eigenvalue weighted by atomic mass is 32.1. The van der Waals surface area contributed by atoms with E-state index in [0.717, 1.165) is 22.6 Å². The number of halogens is 3. The second-order valence-corrected chi connectivity index (χ2v) is 9.61. The number of hydrogen-bond acceptors (Lipinski definition) is 6. The Kier molecular flexibility index (Phi) is 8.83. The number of pyridine rings is 1. The van der Waals surface area contributed by atoms with E-state index in [1.54, 1.807) is 40.7 Å². The summed E-state index contributed by atoms with van der Waals surface area (Å²) < 4.78 is 33.5. The van der Waals surface area contributed by atoms with Crippen LogP contribution < -0.4 is 10.6 Å². The first kappa shape index (κ1) is 29.0. The van der Waals surface area contributed by atoms with Gasteiger partial charge in [0.05, 0.1) is 41.3 Å². The Morgan fingerprint density at radius 1 is 0.927 bits per heavy atom. The molecule has 3 aromatic heterocycles. The van der Waals surface area contributed by atoms with Crippen molar-refractivity contribution in [2.45, 2.75) is 20.0 Å². The summed E-state index contributed by atoms with van der Waals surface area (Å²) in [6, 6.07) is 17.6. The van der Waals surface area contributed by atoms with Gasteiger partial charge < -0.3 is 15.7 Å². The highest BCUT2D eigenvalue weighted by Gasteiger charge is 2.38. The molecule has 210 valence electrons. The van der Waals surface area contributed by atoms with Crippen molar-refractivity contribution in [3.05, 3.63) is 107 Å². The van der Waals surface area contributed by atoms with Gasteiger partial charge in [0, 0.05) is 28.1 Å². The summed E-state index contributed by atoms with van der Waals surface area (Å²) in [5, 5.41) is 22.3. The van der Waals surface area contributed by atoms with Crippen LogP contribution in [0.15, 0.2) is 90.1 Å². The summed E-state index contributed by atoms with van der Waals surface area (Å²) in [5.41, 5.74) is 8.52. The predicted molar refractivity (Wildman–Crippen MR) is 152 cm³/mol. The quantitative estimate of drug-likeness (QED) is 0.196. The molecule has 1 amide bonds. The smallest absolute Gasteiger partial charge is 0.475 e. The number of aromatic nitrogens is 3. The van der Waals surface area contributed by atoms with Crippen molar-refractivity contribution < 1.29 is 27.9 Å². The minimum atomic E-state index is -5.08. The molecule has 5 rings (SSSR count). The van der Waals surface area contributed by atoms with E-state index in [0.29, 0.717) is 11.3 Å². The van der Waals surface area contributed by atoms with Crippen molar-refractivity contribution in [2.24, 2.45) is 0 Å². The van der Waals surface area contributed by atoms with Crippen molar-refractivity contribution in [1.29, 1.82) is 0 Å². The molecule has 0 radical (unpaired) electrons. The number of aryl methyl sites for hydroxylation is 2. The van der Waals surface area contributed by atoms with Gasteiger partial charge in [-0.15, -0.1) is 11.3 Å². The van der Waals surface area contributed by atoms with Crippen LogP contribution in [0, 0.1) is 13.8 Å². The van der Waals surface area contributed by atoms with Gasteiger partial charge in [-0.25, -0.2) is 9.48 Å². The summed E-state index contributed by atoms with van der Waals surface area (Å²) in [6.07, 6.45) is 2.00. The fraction of sp³-hybridized carbons (Fsp3) is 0.103. The summed E-state index contributed by atoms with van der Waals surface area (Å²) in [6.45, 7) is 4.06. The number of nitrogens with zero attached hydrogens (tertiary/aromatic N) is 3. The Morgan fingerprint density at radius 3 is 2.39 bits per heavy atom. The number of carboxylic acids is 1. The van der Waals surface area contributed by atoms with Gasteiger partial charge >= 0.3 is 12.1 Å². The van der Waals surface area contributed by atoms with E-state index in [2.05, 4.69) is 62.7 Å². The fourth-order valence-corrected chi connectivity index (χ4v) is 4.56. The average Bonchev–Trinajstić information content (AvgIpc) is 3.59. The summed E-state index contributed by atoms with van der Waals surface area (Å²) in [7, 11) is 0. The van der Waals surface area contributed by atoms with E-state index in [9.17, 15) is 18.0 Å². The first-order valence-electron chi connectivity index (χ1n) is 12.1. The van der Waals surface area contributed by atoms with Crippen molar-refractivity contribution in [3.8, 4) is 16.8 Å². The van der Waals surface area contributed by atoms with Gasteiger partial charge in [-0.05, 0) is 54.8 Å². The number of nitrogens with one attached hydrogen (secondary N) is 2. The Morgan fingerprint density at radius 2 is 1.68 bits per heavy atom. The largest absolute Gasteiger partial charge is 0.490 e. The van der Waals surface area contributed by atoms with Crippen LogP contribution >= 0.6 is 11.3 Å². The van der Waals surface area contributed by atoms with Gasteiger partial charge in [0.2, 0.25) is 0 Å². The van der Waals surface area contributed by atoms with Crippen LogP contribution in [-0.2, 0) is 4.79 Å². The number of benzene rings is 2. The molecular formula is C29H24F3N5O3S. The van der Waals surface area contributed by atoms with Gasteiger partial charge in [0.25, 0.3) is 5.91 Å². The number of alkyl halides is 3. The van der Waals surface area contributed by atoms with Gasteiger partial charge in [-0.1, -0.05) is 30.3 Å². The molecule has 0 aliphatic carbocycles. The lowest BCUT2D eigenvalue weighted by Crippen LogP contribution is -2.21. The number of hydrogen-bond donors (Lipinski definition) is 3. The first-order chi connectivity index (χ1) is 19.5. The van der Waals surface area contributed by atoms with Crippen molar-refractivity contribution in [2.75, 3.05) is 10.6 Å². The topological polar surface area (TPSA) is 109 Å². The Bertz CT molecular complexity index is 1680. The zero-order chi connectivity index (χ0) is 29.6. The lowest BCUT2D eigenvalue weighted by Gasteiger charge is -2.09. The van der Waals surface area contributed by atoms with Crippen LogP contribution in [0.1, 0.15) is 21.5 Å². The van der Waals surface area contributed by atoms with Crippen LogP contribution in [0.4, 0.5) is 30.2 Å². The van der Waals surface area contributed by atoms with Crippen LogP contribution in [0.2, 0.25) is 0 Å². The van der Waals surface area contributed by atoms with Crippen molar-refractivity contribution >= 4 is 40.3 Å². The van der Waals surface area contributed by atoms with Crippen LogP contribution in [0.3, 0.4) is 0 Å². The standard InChI is InChI=1S/C27H23N5OS.C2HF3O2/c1-18-10-21(13-28-12-18)31-27(33)20-7-5-8-23(11-20)32-15-22(14-29-32)30-26-17-34-16-25(26)24-9-4-3-6-19(24)2;3-2(4,5)1(6)7/h3-17,30H,1-2H3,(H,31,33);(H,6,7). The van der Waals surface area contributed by atoms with E-state index in [1.165, 1.54) is 16.7 Å². The number of thiophene rings is 1. The molecule has 5 aromatic rings. The normalized spacial score (nSPS) is 10.9. The molecule has 0 atom stereocenters. The minimum Gasteiger partial charge on any atom is -0.475 e. The van der Waals surface area contributed by atoms with Crippen molar-refractivity contribution in [3.63, 3.8) is 0 Å². The average molecular weight is 580 g/mol. The zero-order valence-electron chi connectivity index (χ0n) is 21.8. The highest BCUT2D eigenvalue weighted by Crippen LogP contribution is 2.35. The van der Waals surface area contributed by atoms with E-state index in [-0.39, 0.29) is 5.91 Å². The second kappa shape index (κ2) is 12.5. The minimum absolute atomic E-state index is 0.194. The van der Waals surface area contributed by atoms with Crippen molar-refractivity contribution in [1.82, 2.24) is 14.8 Å². The third kappa shape index (κ3) is 7.57. The molecule has 0 unspecified atom stereocenters. The SMILES string of the molecule is Cc1cncc(NC(=O)c2cccc(-n3cc(Nc4cscc4-c4ccccc4C)cn3)c2)c1.O=C(O)C(F)(F)F. The molecule has 0 aliphatic heterocycles. The van der Waals surface area contributed by atoms with Gasteiger partial charge in [0.1, 0.15) is 0 Å². The second-order valence-electron chi connectivity index (χ2n) is 8.87. The number of aliphatic carboxylic acids is 1. The Hall–Kier alpha value is -4.97. The van der Waals surface area contributed by atoms with Gasteiger partial charge in [-0.2, -0.15) is 18.3 Å². The van der Waals surface area contributed by atoms with Gasteiger partial charge in [-0.3, -0.25) is 9.78 Å². The predicted octanol–water partition coefficient (Wildman–Crippen LogP) is 7.24. The van der Waals surface area contributed by atoms with Crippen LogP contribution in [0.25, 0.3) is 16.8 Å². The van der Waals surface area contributed by atoms with Crippen LogP contribution in [-0.4, -0.2) is 37.9 Å². The third-order valence-corrected chi connectivity index (χ3v) is 6.45. The van der Waals surface area contributed by atoms with E-state index in [1.807, 2.05) is 37.4 Å². The molecule has 0 spiro atoms. The number of carbonyl (C=O) groups is 2. The Balaban J connectivity index is 0.000000493. The van der Waals surface area contributed by atoms with Crippen LogP contribution in [0.5, 0.6) is 0 Å². The number of anilines is 3. The summed E-state index contributed by atoms with van der Waals surface area (Å²) >= 11 is 1.66. The number of amides is 1. The maximum atomic E-state index is 12.7. The van der Waals surface area contributed by atoms with Gasteiger partial charge in [0.15, 0.2) is 0 Å². The van der Waals surface area contributed by atoms with E-state index >= 15 is 0 Å². The highest BCUT2D eigenvalue weighted by molar-refractivity contribution is 7.08. The molecule has 8 nitrogen and oxygen atoms in total. The first-order valence-corrected chi connectivity index (χ1v) is 13.0. The maximum absolute atomic E-state index is 12.7. The molecule has 3 N–H and O–H groups in total. The molecule has 12 heteroatoms. The number of carboxylic acid groups (broad SMARTS) is 1. The van der Waals surface area contributed by atoms with E-state index < -0.39 is 12.1 Å². The summed E-state index contributed by atoms with van der Waals surface area (Å²) in [5.74, 6) is -2.95. The molecule has 2 aromatic carbocycles. The number of rotatable bonds is 6. The summed E-state index contributed by atoms with van der Waals surface area (Å²) in [4.78, 5) is 25.8. The zero-order valence-corrected chi connectivity index (χ0v) is 22.6.